The summed E-state index contributed by atoms with van der Waals surface area (Å²) in [4.78, 5) is 4.44. The molecule has 2 aromatic rings. The lowest BCUT2D eigenvalue weighted by atomic mass is 10.1. The SMILES string of the molecule is CCC(COC)Nc1nccc2cc(OC)c(OC)cc12. The van der Waals surface area contributed by atoms with Gasteiger partial charge in [0.25, 0.3) is 0 Å². The fourth-order valence-electron chi connectivity index (χ4n) is 2.27. The van der Waals surface area contributed by atoms with Crippen LogP contribution in [0.15, 0.2) is 24.4 Å². The van der Waals surface area contributed by atoms with Gasteiger partial charge in [-0.25, -0.2) is 4.98 Å². The lowest BCUT2D eigenvalue weighted by molar-refractivity contribution is 0.184. The van der Waals surface area contributed by atoms with Crippen LogP contribution < -0.4 is 14.8 Å². The van der Waals surface area contributed by atoms with Crippen LogP contribution in [-0.4, -0.2) is 39.0 Å². The highest BCUT2D eigenvalue weighted by Gasteiger charge is 2.12. The first kappa shape index (κ1) is 15.4. The molecule has 2 rings (SSSR count). The van der Waals surface area contributed by atoms with Crippen molar-refractivity contribution in [2.24, 2.45) is 0 Å². The second kappa shape index (κ2) is 7.13. The number of hydrogen-bond donors (Lipinski definition) is 1. The number of rotatable bonds is 7. The van der Waals surface area contributed by atoms with Gasteiger partial charge < -0.3 is 19.5 Å². The standard InChI is InChI=1S/C16H22N2O3/c1-5-12(10-19-2)18-16-13-9-15(21-4)14(20-3)8-11(13)6-7-17-16/h6-9,12H,5,10H2,1-4H3,(H,17,18). The molecule has 0 amide bonds. The minimum atomic E-state index is 0.223. The van der Waals surface area contributed by atoms with E-state index in [1.54, 1.807) is 27.5 Å². The Morgan fingerprint density at radius 2 is 1.86 bits per heavy atom. The highest BCUT2D eigenvalue weighted by molar-refractivity contribution is 5.94. The Morgan fingerprint density at radius 1 is 1.14 bits per heavy atom. The van der Waals surface area contributed by atoms with E-state index >= 15 is 0 Å². The van der Waals surface area contributed by atoms with Crippen molar-refractivity contribution in [2.75, 3.05) is 33.3 Å². The molecule has 1 aromatic carbocycles. The minimum Gasteiger partial charge on any atom is -0.493 e. The highest BCUT2D eigenvalue weighted by Crippen LogP contribution is 2.34. The van der Waals surface area contributed by atoms with Crippen LogP contribution in [0, 0.1) is 0 Å². The molecule has 1 N–H and O–H groups in total. The van der Waals surface area contributed by atoms with E-state index in [4.69, 9.17) is 14.2 Å². The van der Waals surface area contributed by atoms with E-state index in [0.717, 1.165) is 23.0 Å². The first-order valence-electron chi connectivity index (χ1n) is 6.99. The van der Waals surface area contributed by atoms with Gasteiger partial charge >= 0.3 is 0 Å². The van der Waals surface area contributed by atoms with Gasteiger partial charge in [-0.15, -0.1) is 0 Å². The molecule has 1 heterocycles. The Hall–Kier alpha value is -2.01. The molecule has 0 aliphatic heterocycles. The molecule has 21 heavy (non-hydrogen) atoms. The predicted octanol–water partition coefficient (Wildman–Crippen LogP) is 3.09. The number of aromatic nitrogens is 1. The third-order valence-electron chi connectivity index (χ3n) is 3.47. The van der Waals surface area contributed by atoms with Crippen LogP contribution >= 0.6 is 0 Å². The van der Waals surface area contributed by atoms with Gasteiger partial charge in [-0.1, -0.05) is 6.92 Å². The van der Waals surface area contributed by atoms with Crippen molar-refractivity contribution in [2.45, 2.75) is 19.4 Å². The van der Waals surface area contributed by atoms with Crippen molar-refractivity contribution in [3.05, 3.63) is 24.4 Å². The number of benzene rings is 1. The van der Waals surface area contributed by atoms with Crippen LogP contribution in [0.25, 0.3) is 10.8 Å². The summed E-state index contributed by atoms with van der Waals surface area (Å²) in [6.45, 7) is 2.76. The Balaban J connectivity index is 2.44. The molecule has 0 aliphatic rings. The largest absolute Gasteiger partial charge is 0.493 e. The van der Waals surface area contributed by atoms with E-state index in [9.17, 15) is 0 Å². The lowest BCUT2D eigenvalue weighted by Gasteiger charge is -2.18. The van der Waals surface area contributed by atoms with Gasteiger partial charge in [-0.05, 0) is 30.0 Å². The van der Waals surface area contributed by atoms with E-state index in [1.165, 1.54) is 0 Å². The number of methoxy groups -OCH3 is 3. The van der Waals surface area contributed by atoms with E-state index < -0.39 is 0 Å². The van der Waals surface area contributed by atoms with Crippen LogP contribution in [0.1, 0.15) is 13.3 Å². The summed E-state index contributed by atoms with van der Waals surface area (Å²) in [6.07, 6.45) is 2.75. The molecular formula is C16H22N2O3. The maximum absolute atomic E-state index is 5.37. The quantitative estimate of drug-likeness (QED) is 0.849. The van der Waals surface area contributed by atoms with Crippen LogP contribution in [0.3, 0.4) is 0 Å². The second-order valence-corrected chi connectivity index (χ2v) is 4.79. The number of anilines is 1. The second-order valence-electron chi connectivity index (χ2n) is 4.79. The Labute approximate surface area is 125 Å². The van der Waals surface area contributed by atoms with Gasteiger partial charge in [0.1, 0.15) is 5.82 Å². The zero-order valence-electron chi connectivity index (χ0n) is 13.0. The molecule has 1 unspecified atom stereocenters. The van der Waals surface area contributed by atoms with Gasteiger partial charge in [-0.3, -0.25) is 0 Å². The molecule has 1 atom stereocenters. The molecule has 114 valence electrons. The molecule has 0 spiro atoms. The molecule has 0 bridgehead atoms. The molecule has 0 saturated heterocycles. The molecule has 0 aliphatic carbocycles. The number of nitrogens with zero attached hydrogens (tertiary/aromatic N) is 1. The third-order valence-corrected chi connectivity index (χ3v) is 3.47. The fraction of sp³-hybridized carbons (Fsp3) is 0.438. The normalized spacial score (nSPS) is 12.2. The van der Waals surface area contributed by atoms with Crippen LogP contribution in [0.4, 0.5) is 5.82 Å². The highest BCUT2D eigenvalue weighted by atomic mass is 16.5. The number of nitrogens with one attached hydrogen (secondary N) is 1. The fourth-order valence-corrected chi connectivity index (χ4v) is 2.27. The van der Waals surface area contributed by atoms with E-state index in [0.29, 0.717) is 18.1 Å². The van der Waals surface area contributed by atoms with Crippen molar-refractivity contribution in [1.29, 1.82) is 0 Å². The summed E-state index contributed by atoms with van der Waals surface area (Å²) in [6, 6.07) is 6.09. The summed E-state index contributed by atoms with van der Waals surface area (Å²) < 4.78 is 15.9. The van der Waals surface area contributed by atoms with Gasteiger partial charge in [0, 0.05) is 18.7 Å². The average molecular weight is 290 g/mol. The molecule has 0 fully saturated rings. The Kier molecular flexibility index (Phi) is 5.22. The van der Waals surface area contributed by atoms with Gasteiger partial charge in [0.15, 0.2) is 11.5 Å². The van der Waals surface area contributed by atoms with E-state index in [1.807, 2.05) is 18.2 Å². The van der Waals surface area contributed by atoms with Crippen molar-refractivity contribution in [1.82, 2.24) is 4.98 Å². The summed E-state index contributed by atoms with van der Waals surface area (Å²) in [7, 11) is 4.97. The first-order chi connectivity index (χ1) is 10.2. The Morgan fingerprint density at radius 3 is 2.48 bits per heavy atom. The molecular weight excluding hydrogens is 268 g/mol. The monoisotopic (exact) mass is 290 g/mol. The van der Waals surface area contributed by atoms with Crippen LogP contribution in [-0.2, 0) is 4.74 Å². The lowest BCUT2D eigenvalue weighted by Crippen LogP contribution is -2.24. The van der Waals surface area contributed by atoms with Crippen molar-refractivity contribution in [3.63, 3.8) is 0 Å². The molecule has 5 heteroatoms. The van der Waals surface area contributed by atoms with Crippen molar-refractivity contribution >= 4 is 16.6 Å². The van der Waals surface area contributed by atoms with Gasteiger partial charge in [-0.2, -0.15) is 0 Å². The number of fused-ring (bicyclic) bond motifs is 1. The summed E-state index contributed by atoms with van der Waals surface area (Å²) in [5.74, 6) is 2.24. The van der Waals surface area contributed by atoms with Crippen LogP contribution in [0.5, 0.6) is 11.5 Å². The molecule has 1 aromatic heterocycles. The van der Waals surface area contributed by atoms with Gasteiger partial charge in [0.05, 0.1) is 26.9 Å². The van der Waals surface area contributed by atoms with Crippen molar-refractivity contribution < 1.29 is 14.2 Å². The summed E-state index contributed by atoms with van der Waals surface area (Å²) in [5, 5.41) is 5.49. The molecule has 5 nitrogen and oxygen atoms in total. The van der Waals surface area contributed by atoms with Crippen molar-refractivity contribution in [3.8, 4) is 11.5 Å². The summed E-state index contributed by atoms with van der Waals surface area (Å²) in [5.41, 5.74) is 0. The zero-order valence-corrected chi connectivity index (χ0v) is 13.0. The predicted molar refractivity (Wildman–Crippen MR) is 84.4 cm³/mol. The third kappa shape index (κ3) is 3.36. The minimum absolute atomic E-state index is 0.223. The average Bonchev–Trinajstić information content (AvgIpc) is 2.53. The topological polar surface area (TPSA) is 52.6 Å². The number of ether oxygens (including phenoxy) is 3. The number of hydrogen-bond acceptors (Lipinski definition) is 5. The first-order valence-corrected chi connectivity index (χ1v) is 6.99. The molecule has 0 saturated carbocycles. The van der Waals surface area contributed by atoms with E-state index in [2.05, 4.69) is 17.2 Å². The smallest absolute Gasteiger partial charge is 0.161 e. The maximum Gasteiger partial charge on any atom is 0.161 e. The Bertz CT molecular complexity index is 601. The van der Waals surface area contributed by atoms with Crippen LogP contribution in [0.2, 0.25) is 0 Å². The number of pyridine rings is 1. The maximum atomic E-state index is 5.37. The van der Waals surface area contributed by atoms with E-state index in [-0.39, 0.29) is 6.04 Å². The zero-order chi connectivity index (χ0) is 15.2. The van der Waals surface area contributed by atoms with Gasteiger partial charge in [0.2, 0.25) is 0 Å². The molecule has 0 radical (unpaired) electrons. The summed E-state index contributed by atoms with van der Waals surface area (Å²) >= 11 is 0.